The van der Waals surface area contributed by atoms with Crippen molar-refractivity contribution in [2.24, 2.45) is 0 Å². The Hall–Kier alpha value is -3.29. The van der Waals surface area contributed by atoms with Crippen molar-refractivity contribution in [2.75, 3.05) is 6.61 Å². The van der Waals surface area contributed by atoms with E-state index in [1.54, 1.807) is 19.1 Å². The number of hydrogen-bond donors (Lipinski definition) is 1. The van der Waals surface area contributed by atoms with Crippen LogP contribution < -0.4 is 10.1 Å². The monoisotopic (exact) mass is 377 g/mol. The van der Waals surface area contributed by atoms with Gasteiger partial charge >= 0.3 is 12.6 Å². The second-order valence-electron chi connectivity index (χ2n) is 5.67. The summed E-state index contributed by atoms with van der Waals surface area (Å²) >= 11 is 0. The Morgan fingerprint density at radius 3 is 2.33 bits per heavy atom. The van der Waals surface area contributed by atoms with Gasteiger partial charge in [0.15, 0.2) is 6.61 Å². The van der Waals surface area contributed by atoms with Crippen molar-refractivity contribution < 1.29 is 32.6 Å². The average molecular weight is 377 g/mol. The minimum Gasteiger partial charge on any atom is -0.452 e. The Kier molecular flexibility index (Phi) is 6.59. The number of esters is 1. The molecule has 2 rings (SSSR count). The molecule has 0 radical (unpaired) electrons. The number of halogens is 2. The van der Waals surface area contributed by atoms with Crippen LogP contribution in [-0.2, 0) is 9.53 Å². The molecule has 8 heteroatoms. The first kappa shape index (κ1) is 20.0. The Bertz CT molecular complexity index is 850. The maximum Gasteiger partial charge on any atom is 0.387 e. The van der Waals surface area contributed by atoms with Crippen LogP contribution in [0.3, 0.4) is 0 Å². The maximum atomic E-state index is 12.1. The first-order chi connectivity index (χ1) is 12.8. The van der Waals surface area contributed by atoms with Gasteiger partial charge in [0.25, 0.3) is 11.8 Å². The summed E-state index contributed by atoms with van der Waals surface area (Å²) in [5.41, 5.74) is 1.97. The number of carbonyl (C=O) groups is 3. The molecule has 2 amide bonds. The van der Waals surface area contributed by atoms with E-state index in [9.17, 15) is 23.2 Å². The highest BCUT2D eigenvalue weighted by Crippen LogP contribution is 2.15. The van der Waals surface area contributed by atoms with Crippen molar-refractivity contribution in [1.29, 1.82) is 0 Å². The van der Waals surface area contributed by atoms with Crippen molar-refractivity contribution in [3.8, 4) is 5.75 Å². The summed E-state index contributed by atoms with van der Waals surface area (Å²) in [5.74, 6) is -2.36. The van der Waals surface area contributed by atoms with Crippen molar-refractivity contribution >= 4 is 17.8 Å². The van der Waals surface area contributed by atoms with Crippen LogP contribution in [0.15, 0.2) is 42.5 Å². The summed E-state index contributed by atoms with van der Waals surface area (Å²) in [4.78, 5) is 35.8. The SMILES string of the molecule is Cc1ccc(C)c(C(=O)OCC(=O)NC(=O)c2ccc(OC(F)F)cc2)c1. The number of alkyl halides is 2. The lowest BCUT2D eigenvalue weighted by molar-refractivity contribution is -0.123. The van der Waals surface area contributed by atoms with Crippen LogP contribution >= 0.6 is 0 Å². The normalized spacial score (nSPS) is 10.4. The number of amides is 2. The second-order valence-corrected chi connectivity index (χ2v) is 5.67. The maximum absolute atomic E-state index is 12.1. The summed E-state index contributed by atoms with van der Waals surface area (Å²) in [6, 6.07) is 10.0. The van der Waals surface area contributed by atoms with Crippen molar-refractivity contribution in [2.45, 2.75) is 20.5 Å². The number of nitrogens with one attached hydrogen (secondary N) is 1. The molecule has 0 spiro atoms. The van der Waals surface area contributed by atoms with Gasteiger partial charge in [-0.3, -0.25) is 14.9 Å². The molecule has 6 nitrogen and oxygen atoms in total. The third-order valence-electron chi connectivity index (χ3n) is 3.54. The topological polar surface area (TPSA) is 81.7 Å². The lowest BCUT2D eigenvalue weighted by Crippen LogP contribution is -2.34. The molecule has 0 bridgehead atoms. The number of hydrogen-bond acceptors (Lipinski definition) is 5. The van der Waals surface area contributed by atoms with E-state index in [4.69, 9.17) is 4.74 Å². The summed E-state index contributed by atoms with van der Waals surface area (Å²) in [5, 5.41) is 2.05. The molecule has 0 atom stereocenters. The van der Waals surface area contributed by atoms with E-state index in [0.29, 0.717) is 11.1 Å². The molecule has 0 aliphatic carbocycles. The van der Waals surface area contributed by atoms with E-state index < -0.39 is 31.0 Å². The molecule has 0 fully saturated rings. The van der Waals surface area contributed by atoms with Gasteiger partial charge in [0.1, 0.15) is 5.75 Å². The smallest absolute Gasteiger partial charge is 0.387 e. The number of ether oxygens (including phenoxy) is 2. The first-order valence-corrected chi connectivity index (χ1v) is 7.89. The van der Waals surface area contributed by atoms with E-state index in [0.717, 1.165) is 5.56 Å². The number of aryl methyl sites for hydroxylation is 2. The molecule has 0 aliphatic rings. The molecule has 0 heterocycles. The summed E-state index contributed by atoms with van der Waals surface area (Å²) in [7, 11) is 0. The first-order valence-electron chi connectivity index (χ1n) is 7.89. The van der Waals surface area contributed by atoms with Gasteiger partial charge in [-0.05, 0) is 49.7 Å². The van der Waals surface area contributed by atoms with E-state index in [1.807, 2.05) is 18.3 Å². The van der Waals surface area contributed by atoms with Gasteiger partial charge in [0.05, 0.1) is 5.56 Å². The summed E-state index contributed by atoms with van der Waals surface area (Å²) in [6.45, 7) is -0.0527. The van der Waals surface area contributed by atoms with E-state index in [2.05, 4.69) is 4.74 Å². The molecule has 142 valence electrons. The summed E-state index contributed by atoms with van der Waals surface area (Å²) < 4.78 is 33.3. The zero-order chi connectivity index (χ0) is 20.0. The second kappa shape index (κ2) is 8.88. The largest absolute Gasteiger partial charge is 0.452 e. The van der Waals surface area contributed by atoms with Gasteiger partial charge in [0, 0.05) is 5.56 Å². The van der Waals surface area contributed by atoms with Crippen LogP contribution in [0.5, 0.6) is 5.75 Å². The molecule has 0 saturated carbocycles. The van der Waals surface area contributed by atoms with Gasteiger partial charge in [-0.25, -0.2) is 4.79 Å². The zero-order valence-electron chi connectivity index (χ0n) is 14.6. The van der Waals surface area contributed by atoms with Crippen LogP contribution in [0.1, 0.15) is 31.8 Å². The predicted octanol–water partition coefficient (Wildman–Crippen LogP) is 3.02. The standard InChI is InChI=1S/C19H17F2NO5/c1-11-3-4-12(2)15(9-11)18(25)26-10-16(23)22-17(24)13-5-7-14(8-6-13)27-19(20)21/h3-9,19H,10H2,1-2H3,(H,22,23,24). The van der Waals surface area contributed by atoms with Crippen LogP contribution in [0.25, 0.3) is 0 Å². The van der Waals surface area contributed by atoms with Crippen LogP contribution in [0.4, 0.5) is 8.78 Å². The van der Waals surface area contributed by atoms with Crippen LogP contribution in [0, 0.1) is 13.8 Å². The van der Waals surface area contributed by atoms with Crippen LogP contribution in [0.2, 0.25) is 0 Å². The highest BCUT2D eigenvalue weighted by atomic mass is 19.3. The Morgan fingerprint density at radius 1 is 1.04 bits per heavy atom. The fourth-order valence-electron chi connectivity index (χ4n) is 2.19. The minimum absolute atomic E-state index is 0.0609. The Labute approximate surface area is 154 Å². The third-order valence-corrected chi connectivity index (χ3v) is 3.54. The van der Waals surface area contributed by atoms with Crippen molar-refractivity contribution in [3.05, 3.63) is 64.7 Å². The molecule has 2 aromatic rings. The number of imide groups is 1. The molecule has 0 unspecified atom stereocenters. The lowest BCUT2D eigenvalue weighted by atomic mass is 10.1. The van der Waals surface area contributed by atoms with Gasteiger partial charge in [-0.2, -0.15) is 8.78 Å². The molecular formula is C19H17F2NO5. The highest BCUT2D eigenvalue weighted by Gasteiger charge is 2.15. The highest BCUT2D eigenvalue weighted by molar-refractivity contribution is 6.05. The number of rotatable bonds is 6. The van der Waals surface area contributed by atoms with Gasteiger partial charge in [0.2, 0.25) is 0 Å². The number of benzene rings is 2. The molecule has 1 N–H and O–H groups in total. The molecule has 0 aromatic heterocycles. The lowest BCUT2D eigenvalue weighted by Gasteiger charge is -2.09. The molecule has 27 heavy (non-hydrogen) atoms. The molecular weight excluding hydrogens is 360 g/mol. The zero-order valence-corrected chi connectivity index (χ0v) is 14.6. The third kappa shape index (κ3) is 5.88. The quantitative estimate of drug-likeness (QED) is 0.783. The Morgan fingerprint density at radius 2 is 1.70 bits per heavy atom. The Balaban J connectivity index is 1.88. The van der Waals surface area contributed by atoms with Gasteiger partial charge < -0.3 is 9.47 Å². The van der Waals surface area contributed by atoms with E-state index in [1.165, 1.54) is 24.3 Å². The fraction of sp³-hybridized carbons (Fsp3) is 0.211. The average Bonchev–Trinajstić information content (AvgIpc) is 2.61. The predicted molar refractivity (Wildman–Crippen MR) is 91.7 cm³/mol. The van der Waals surface area contributed by atoms with Crippen LogP contribution in [-0.4, -0.2) is 31.0 Å². The van der Waals surface area contributed by atoms with Crippen molar-refractivity contribution in [1.82, 2.24) is 5.32 Å². The summed E-state index contributed by atoms with van der Waals surface area (Å²) in [6.07, 6.45) is 0. The molecule has 0 saturated heterocycles. The van der Waals surface area contributed by atoms with Gasteiger partial charge in [-0.1, -0.05) is 17.7 Å². The van der Waals surface area contributed by atoms with E-state index in [-0.39, 0.29) is 11.3 Å². The van der Waals surface area contributed by atoms with Crippen molar-refractivity contribution in [3.63, 3.8) is 0 Å². The van der Waals surface area contributed by atoms with E-state index >= 15 is 0 Å². The fourth-order valence-corrected chi connectivity index (χ4v) is 2.19. The molecule has 2 aromatic carbocycles. The van der Waals surface area contributed by atoms with Gasteiger partial charge in [-0.15, -0.1) is 0 Å². The minimum atomic E-state index is -2.97. The number of carbonyl (C=O) groups excluding carboxylic acids is 3. The molecule has 0 aliphatic heterocycles.